The summed E-state index contributed by atoms with van der Waals surface area (Å²) in [4.78, 5) is 27.9. The quantitative estimate of drug-likeness (QED) is 0.674. The molecule has 0 unspecified atom stereocenters. The van der Waals surface area contributed by atoms with Gasteiger partial charge in [0.25, 0.3) is 0 Å². The molecule has 0 N–H and O–H groups in total. The van der Waals surface area contributed by atoms with E-state index in [4.69, 9.17) is 0 Å². The lowest BCUT2D eigenvalue weighted by Gasteiger charge is -2.23. The summed E-state index contributed by atoms with van der Waals surface area (Å²) in [5, 5.41) is 0. The second-order valence-electron chi connectivity index (χ2n) is 7.34. The van der Waals surface area contributed by atoms with Crippen molar-refractivity contribution in [1.82, 2.24) is 14.0 Å². The van der Waals surface area contributed by atoms with Crippen molar-refractivity contribution in [3.63, 3.8) is 0 Å². The molecule has 1 fully saturated rings. The fraction of sp³-hybridized carbons (Fsp3) is 0.364. The van der Waals surface area contributed by atoms with E-state index in [0.29, 0.717) is 19.1 Å². The highest BCUT2D eigenvalue weighted by Crippen LogP contribution is 2.29. The number of amides is 1. The van der Waals surface area contributed by atoms with Crippen LogP contribution in [0.1, 0.15) is 30.9 Å². The second kappa shape index (κ2) is 7.06. The van der Waals surface area contributed by atoms with E-state index in [-0.39, 0.29) is 18.1 Å². The monoisotopic (exact) mass is 363 g/mol. The Bertz CT molecular complexity index is 1030. The number of carbonyl (C=O) groups excluding carboxylic acids is 1. The van der Waals surface area contributed by atoms with E-state index in [1.54, 1.807) is 9.13 Å². The maximum absolute atomic E-state index is 13.1. The van der Waals surface area contributed by atoms with Crippen LogP contribution in [0.5, 0.6) is 0 Å². The molecule has 3 aromatic rings. The normalized spacial score (nSPS) is 13.9. The van der Waals surface area contributed by atoms with Crippen molar-refractivity contribution in [3.8, 4) is 0 Å². The van der Waals surface area contributed by atoms with E-state index in [1.165, 1.54) is 5.56 Å². The Labute approximate surface area is 158 Å². The van der Waals surface area contributed by atoms with Crippen LogP contribution < -0.4 is 5.69 Å². The van der Waals surface area contributed by atoms with Crippen molar-refractivity contribution < 1.29 is 4.79 Å². The van der Waals surface area contributed by atoms with Crippen LogP contribution in [0.25, 0.3) is 11.0 Å². The lowest BCUT2D eigenvalue weighted by atomic mass is 10.1. The zero-order chi connectivity index (χ0) is 19.0. The van der Waals surface area contributed by atoms with Gasteiger partial charge in [-0.15, -0.1) is 0 Å². The number of fused-ring (bicyclic) bond motifs is 1. The number of hydrogen-bond donors (Lipinski definition) is 0. The van der Waals surface area contributed by atoms with E-state index >= 15 is 0 Å². The predicted molar refractivity (Wildman–Crippen MR) is 107 cm³/mol. The number of carbonyl (C=O) groups is 1. The molecule has 1 heterocycles. The largest absolute Gasteiger partial charge is 0.334 e. The molecule has 1 saturated carbocycles. The number of benzene rings is 2. The molecular weight excluding hydrogens is 338 g/mol. The van der Waals surface area contributed by atoms with Crippen LogP contribution in [0.15, 0.2) is 53.3 Å². The van der Waals surface area contributed by atoms with Gasteiger partial charge < -0.3 is 4.90 Å². The molecule has 1 aliphatic carbocycles. The Balaban J connectivity index is 1.62. The summed E-state index contributed by atoms with van der Waals surface area (Å²) in [7, 11) is 0. The van der Waals surface area contributed by atoms with E-state index < -0.39 is 0 Å². The highest BCUT2D eigenvalue weighted by Gasteiger charge is 2.33. The number of hydrogen-bond acceptors (Lipinski definition) is 2. The zero-order valence-electron chi connectivity index (χ0n) is 15.9. The smallest absolute Gasteiger partial charge is 0.329 e. The van der Waals surface area contributed by atoms with Crippen molar-refractivity contribution in [1.29, 1.82) is 0 Å². The molecular formula is C22H25N3O2. The van der Waals surface area contributed by atoms with Crippen LogP contribution in [0, 0.1) is 6.92 Å². The number of imidazole rings is 1. The highest BCUT2D eigenvalue weighted by atomic mass is 16.2. The van der Waals surface area contributed by atoms with Crippen LogP contribution >= 0.6 is 0 Å². The van der Waals surface area contributed by atoms with Gasteiger partial charge in [-0.3, -0.25) is 13.9 Å². The van der Waals surface area contributed by atoms with Gasteiger partial charge in [-0.05, 0) is 44.4 Å². The van der Waals surface area contributed by atoms with Gasteiger partial charge in [0.15, 0.2) is 0 Å². The Hall–Kier alpha value is -2.82. The summed E-state index contributed by atoms with van der Waals surface area (Å²) < 4.78 is 3.34. The summed E-state index contributed by atoms with van der Waals surface area (Å²) in [6.07, 6.45) is 2.09. The summed E-state index contributed by atoms with van der Waals surface area (Å²) in [6, 6.07) is 16.3. The number of rotatable bonds is 6. The van der Waals surface area contributed by atoms with Crippen molar-refractivity contribution in [3.05, 3.63) is 70.1 Å². The highest BCUT2D eigenvalue weighted by molar-refractivity contribution is 5.81. The minimum atomic E-state index is -0.113. The number of aromatic nitrogens is 2. The van der Waals surface area contributed by atoms with E-state index in [2.05, 4.69) is 31.2 Å². The number of nitrogens with zero attached hydrogens (tertiary/aromatic N) is 3. The molecule has 1 aromatic heterocycles. The standard InChI is InChI=1S/C22H25N3O2/c1-3-23-19-6-4-5-7-20(19)25(22(23)27)15-21(26)24(18-12-13-18)14-17-10-8-16(2)9-11-17/h4-11,18H,3,12-15H2,1-2H3. The molecule has 1 aliphatic rings. The minimum absolute atomic E-state index is 0.0131. The minimum Gasteiger partial charge on any atom is -0.334 e. The predicted octanol–water partition coefficient (Wildman–Crippen LogP) is 3.32. The zero-order valence-corrected chi connectivity index (χ0v) is 15.9. The Morgan fingerprint density at radius 3 is 2.26 bits per heavy atom. The molecule has 1 amide bonds. The Kier molecular flexibility index (Phi) is 4.60. The van der Waals surface area contributed by atoms with Gasteiger partial charge in [0.05, 0.1) is 11.0 Å². The van der Waals surface area contributed by atoms with E-state index in [9.17, 15) is 9.59 Å². The molecule has 5 heteroatoms. The van der Waals surface area contributed by atoms with Crippen molar-refractivity contribution >= 4 is 16.9 Å². The molecule has 5 nitrogen and oxygen atoms in total. The van der Waals surface area contributed by atoms with Gasteiger partial charge in [-0.2, -0.15) is 0 Å². The van der Waals surface area contributed by atoms with E-state index in [0.717, 1.165) is 29.4 Å². The number of para-hydroxylation sites is 2. The van der Waals surface area contributed by atoms with Crippen molar-refractivity contribution in [2.45, 2.75) is 52.4 Å². The van der Waals surface area contributed by atoms with Crippen LogP contribution in [0.2, 0.25) is 0 Å². The first-order chi connectivity index (χ1) is 13.1. The van der Waals surface area contributed by atoms with Gasteiger partial charge in [0.2, 0.25) is 5.91 Å². The third-order valence-electron chi connectivity index (χ3n) is 5.32. The first kappa shape index (κ1) is 17.6. The first-order valence-electron chi connectivity index (χ1n) is 9.61. The molecule has 0 radical (unpaired) electrons. The van der Waals surface area contributed by atoms with Gasteiger partial charge in [-0.1, -0.05) is 42.0 Å². The van der Waals surface area contributed by atoms with Crippen LogP contribution in [-0.4, -0.2) is 26.0 Å². The maximum atomic E-state index is 13.1. The average molecular weight is 363 g/mol. The van der Waals surface area contributed by atoms with Crippen molar-refractivity contribution in [2.75, 3.05) is 0 Å². The molecule has 2 aromatic carbocycles. The number of aryl methyl sites for hydroxylation is 2. The maximum Gasteiger partial charge on any atom is 0.329 e. The molecule has 0 bridgehead atoms. The van der Waals surface area contributed by atoms with Gasteiger partial charge >= 0.3 is 5.69 Å². The Morgan fingerprint density at radius 2 is 1.67 bits per heavy atom. The third kappa shape index (κ3) is 3.42. The van der Waals surface area contributed by atoms with Crippen LogP contribution in [0.3, 0.4) is 0 Å². The molecule has 27 heavy (non-hydrogen) atoms. The second-order valence-corrected chi connectivity index (χ2v) is 7.34. The fourth-order valence-electron chi connectivity index (χ4n) is 3.65. The van der Waals surface area contributed by atoms with Crippen LogP contribution in [0.4, 0.5) is 0 Å². The summed E-state index contributed by atoms with van der Waals surface area (Å²) in [5.74, 6) is 0.0131. The molecule has 0 saturated heterocycles. The summed E-state index contributed by atoms with van der Waals surface area (Å²) in [5.41, 5.74) is 3.93. The third-order valence-corrected chi connectivity index (χ3v) is 5.32. The topological polar surface area (TPSA) is 47.2 Å². The van der Waals surface area contributed by atoms with Gasteiger partial charge in [0.1, 0.15) is 6.54 Å². The summed E-state index contributed by atoms with van der Waals surface area (Å²) >= 11 is 0. The first-order valence-corrected chi connectivity index (χ1v) is 9.61. The van der Waals surface area contributed by atoms with E-state index in [1.807, 2.05) is 36.1 Å². The summed E-state index contributed by atoms with van der Waals surface area (Å²) in [6.45, 7) is 5.30. The Morgan fingerprint density at radius 1 is 1.04 bits per heavy atom. The lowest BCUT2D eigenvalue weighted by Crippen LogP contribution is -2.37. The lowest BCUT2D eigenvalue weighted by molar-refractivity contribution is -0.133. The average Bonchev–Trinajstić information content (AvgIpc) is 3.47. The van der Waals surface area contributed by atoms with Crippen molar-refractivity contribution in [2.24, 2.45) is 0 Å². The molecule has 140 valence electrons. The molecule has 0 atom stereocenters. The van der Waals surface area contributed by atoms with Crippen LogP contribution in [-0.2, 0) is 24.4 Å². The molecule has 0 aliphatic heterocycles. The molecule has 4 rings (SSSR count). The SMILES string of the molecule is CCn1c(=O)n(CC(=O)N(Cc2ccc(C)cc2)C2CC2)c2ccccc21. The molecule has 0 spiro atoms. The van der Waals surface area contributed by atoms with Gasteiger partial charge in [0, 0.05) is 19.1 Å². The van der Waals surface area contributed by atoms with Gasteiger partial charge in [-0.25, -0.2) is 4.79 Å². The fourth-order valence-corrected chi connectivity index (χ4v) is 3.65.